The Morgan fingerprint density at radius 2 is 2.12 bits per heavy atom. The number of anilines is 1. The Labute approximate surface area is 94.0 Å². The Hall–Kier alpha value is -1.57. The molecule has 0 fully saturated rings. The van der Waals surface area contributed by atoms with Gasteiger partial charge in [-0.1, -0.05) is 0 Å². The molecule has 1 aromatic heterocycles. The molecule has 0 saturated heterocycles. The molecule has 0 atom stereocenters. The van der Waals surface area contributed by atoms with Gasteiger partial charge < -0.3 is 9.88 Å². The summed E-state index contributed by atoms with van der Waals surface area (Å²) >= 11 is 4.78. The highest BCUT2D eigenvalue weighted by Gasteiger charge is 2.38. The van der Waals surface area contributed by atoms with Gasteiger partial charge in [0.2, 0.25) is 0 Å². The van der Waals surface area contributed by atoms with Crippen LogP contribution in [0.25, 0.3) is 0 Å². The first kappa shape index (κ1) is 10.9. The molecule has 8 heteroatoms. The van der Waals surface area contributed by atoms with Crippen LogP contribution in [0.5, 0.6) is 0 Å². The minimum atomic E-state index is -4.37. The van der Waals surface area contributed by atoms with Crippen molar-refractivity contribution in [2.75, 3.05) is 11.6 Å². The third-order valence-electron chi connectivity index (χ3n) is 2.03. The van der Waals surface area contributed by atoms with Crippen LogP contribution in [0.2, 0.25) is 0 Å². The fourth-order valence-corrected chi connectivity index (χ4v) is 1.43. The SMILES string of the molecule is FC(F)(F)N1C=CN(c2ccnc(=S)[nH]2)C1. The molecule has 1 aromatic rings. The summed E-state index contributed by atoms with van der Waals surface area (Å²) in [6, 6.07) is 1.56. The second-order valence-corrected chi connectivity index (χ2v) is 3.49. The quantitative estimate of drug-likeness (QED) is 0.610. The molecule has 0 spiro atoms. The summed E-state index contributed by atoms with van der Waals surface area (Å²) in [5, 5.41) is 0. The first-order valence-corrected chi connectivity index (χ1v) is 4.71. The molecular weight excluding hydrogens is 241 g/mol. The van der Waals surface area contributed by atoms with E-state index in [0.29, 0.717) is 5.82 Å². The second-order valence-electron chi connectivity index (χ2n) is 3.11. The summed E-state index contributed by atoms with van der Waals surface area (Å²) in [7, 11) is 0. The molecule has 86 valence electrons. The number of nitrogens with one attached hydrogen (secondary N) is 1. The number of aromatic nitrogens is 2. The van der Waals surface area contributed by atoms with Gasteiger partial charge in [-0.2, -0.15) is 13.2 Å². The Balaban J connectivity index is 2.17. The van der Waals surface area contributed by atoms with Crippen LogP contribution in [0.1, 0.15) is 0 Å². The van der Waals surface area contributed by atoms with Crippen LogP contribution in [-0.2, 0) is 0 Å². The smallest absolute Gasteiger partial charge is 0.317 e. The molecular formula is C8H7F3N4S. The van der Waals surface area contributed by atoms with Crippen LogP contribution < -0.4 is 4.90 Å². The lowest BCUT2D eigenvalue weighted by atomic mass is 10.5. The third-order valence-corrected chi connectivity index (χ3v) is 2.23. The van der Waals surface area contributed by atoms with Gasteiger partial charge in [0, 0.05) is 18.6 Å². The zero-order valence-corrected chi connectivity index (χ0v) is 8.72. The van der Waals surface area contributed by atoms with Crippen molar-refractivity contribution in [2.45, 2.75) is 6.30 Å². The summed E-state index contributed by atoms with van der Waals surface area (Å²) in [5.74, 6) is 0.475. The fraction of sp³-hybridized carbons (Fsp3) is 0.250. The average Bonchev–Trinajstić information content (AvgIpc) is 2.65. The monoisotopic (exact) mass is 248 g/mol. The molecule has 0 unspecified atom stereocenters. The van der Waals surface area contributed by atoms with Gasteiger partial charge in [0.25, 0.3) is 0 Å². The Morgan fingerprint density at radius 1 is 1.38 bits per heavy atom. The number of aromatic amines is 1. The van der Waals surface area contributed by atoms with Gasteiger partial charge in [0.1, 0.15) is 12.5 Å². The van der Waals surface area contributed by atoms with Crippen molar-refractivity contribution in [3.05, 3.63) is 29.4 Å². The minimum Gasteiger partial charge on any atom is -0.317 e. The molecule has 1 N–H and O–H groups in total. The van der Waals surface area contributed by atoms with Crippen molar-refractivity contribution < 1.29 is 13.2 Å². The lowest BCUT2D eigenvalue weighted by Gasteiger charge is -2.22. The Morgan fingerprint density at radius 3 is 2.69 bits per heavy atom. The van der Waals surface area contributed by atoms with Crippen molar-refractivity contribution in [3.8, 4) is 0 Å². The average molecular weight is 248 g/mol. The van der Waals surface area contributed by atoms with Crippen molar-refractivity contribution in [1.29, 1.82) is 0 Å². The summed E-state index contributed by atoms with van der Waals surface area (Å²) in [6.45, 7) is -0.293. The lowest BCUT2D eigenvalue weighted by molar-refractivity contribution is -0.224. The highest BCUT2D eigenvalue weighted by molar-refractivity contribution is 7.71. The van der Waals surface area contributed by atoms with E-state index >= 15 is 0 Å². The van der Waals surface area contributed by atoms with Crippen LogP contribution in [0, 0.1) is 4.77 Å². The fourth-order valence-electron chi connectivity index (χ4n) is 1.27. The third kappa shape index (κ3) is 2.16. The van der Waals surface area contributed by atoms with E-state index in [4.69, 9.17) is 12.2 Å². The Kier molecular flexibility index (Phi) is 2.58. The van der Waals surface area contributed by atoms with E-state index < -0.39 is 6.30 Å². The number of nitrogens with zero attached hydrogens (tertiary/aromatic N) is 3. The maximum atomic E-state index is 12.3. The van der Waals surface area contributed by atoms with Gasteiger partial charge in [-0.3, -0.25) is 4.90 Å². The van der Waals surface area contributed by atoms with E-state index in [9.17, 15) is 13.2 Å². The topological polar surface area (TPSA) is 35.2 Å². The molecule has 1 aliphatic rings. The molecule has 4 nitrogen and oxygen atoms in total. The van der Waals surface area contributed by atoms with E-state index in [2.05, 4.69) is 9.97 Å². The van der Waals surface area contributed by atoms with Crippen LogP contribution in [0.4, 0.5) is 19.0 Å². The summed E-state index contributed by atoms with van der Waals surface area (Å²) in [5.41, 5.74) is 0. The van der Waals surface area contributed by atoms with E-state index in [1.165, 1.54) is 17.3 Å². The van der Waals surface area contributed by atoms with Gasteiger partial charge >= 0.3 is 6.30 Å². The van der Waals surface area contributed by atoms with Crippen molar-refractivity contribution in [3.63, 3.8) is 0 Å². The zero-order chi connectivity index (χ0) is 11.8. The molecule has 0 bridgehead atoms. The van der Waals surface area contributed by atoms with Gasteiger partial charge in [0.15, 0.2) is 4.77 Å². The summed E-state index contributed by atoms with van der Waals surface area (Å²) in [6.07, 6.45) is -0.626. The van der Waals surface area contributed by atoms with E-state index in [1.807, 2.05) is 0 Å². The predicted octanol–water partition coefficient (Wildman–Crippen LogP) is 2.21. The molecule has 2 rings (SSSR count). The normalized spacial score (nSPS) is 15.9. The highest BCUT2D eigenvalue weighted by atomic mass is 32.1. The minimum absolute atomic E-state index is 0.233. The second kappa shape index (κ2) is 3.78. The standard InChI is InChI=1S/C8H7F3N4S/c9-8(10,11)15-4-3-14(5-15)6-1-2-12-7(16)13-6/h1-4H,5H2,(H,12,13,16). The molecule has 0 aromatic carbocycles. The van der Waals surface area contributed by atoms with Crippen LogP contribution in [0.3, 0.4) is 0 Å². The molecule has 0 amide bonds. The van der Waals surface area contributed by atoms with Crippen LogP contribution in [-0.4, -0.2) is 27.8 Å². The predicted molar refractivity (Wildman–Crippen MR) is 53.8 cm³/mol. The Bertz CT molecular complexity index is 467. The van der Waals surface area contributed by atoms with Crippen molar-refractivity contribution >= 4 is 18.0 Å². The number of halogens is 3. The first-order chi connectivity index (χ1) is 7.47. The number of rotatable bonds is 1. The van der Waals surface area contributed by atoms with Crippen molar-refractivity contribution in [2.24, 2.45) is 0 Å². The number of hydrogen-bond donors (Lipinski definition) is 1. The van der Waals surface area contributed by atoms with Gasteiger partial charge in [-0.15, -0.1) is 0 Å². The molecule has 16 heavy (non-hydrogen) atoms. The molecule has 0 aliphatic carbocycles. The maximum Gasteiger partial charge on any atom is 0.485 e. The molecule has 0 radical (unpaired) electrons. The highest BCUT2D eigenvalue weighted by Crippen LogP contribution is 2.26. The molecule has 2 heterocycles. The maximum absolute atomic E-state index is 12.3. The summed E-state index contributed by atoms with van der Waals surface area (Å²) < 4.78 is 37.2. The number of alkyl halides is 3. The van der Waals surface area contributed by atoms with E-state index in [0.717, 1.165) is 6.20 Å². The summed E-state index contributed by atoms with van der Waals surface area (Å²) in [4.78, 5) is 8.12. The number of H-pyrrole nitrogens is 1. The van der Waals surface area contributed by atoms with Gasteiger partial charge in [-0.05, 0) is 18.3 Å². The van der Waals surface area contributed by atoms with Crippen molar-refractivity contribution in [1.82, 2.24) is 14.9 Å². The number of hydrogen-bond acceptors (Lipinski definition) is 4. The first-order valence-electron chi connectivity index (χ1n) is 4.30. The van der Waals surface area contributed by atoms with E-state index in [-0.39, 0.29) is 16.3 Å². The zero-order valence-electron chi connectivity index (χ0n) is 7.90. The van der Waals surface area contributed by atoms with Crippen LogP contribution in [0.15, 0.2) is 24.7 Å². The van der Waals surface area contributed by atoms with E-state index in [1.54, 1.807) is 6.07 Å². The molecule has 1 aliphatic heterocycles. The largest absolute Gasteiger partial charge is 0.485 e. The van der Waals surface area contributed by atoms with Gasteiger partial charge in [0.05, 0.1) is 0 Å². The van der Waals surface area contributed by atoms with Gasteiger partial charge in [-0.25, -0.2) is 4.98 Å². The van der Waals surface area contributed by atoms with Crippen LogP contribution >= 0.6 is 12.2 Å². The molecule has 0 saturated carbocycles. The lowest BCUT2D eigenvalue weighted by Crippen LogP contribution is -2.36.